The Morgan fingerprint density at radius 3 is 2.84 bits per heavy atom. The Labute approximate surface area is 113 Å². The minimum absolute atomic E-state index is 0.109. The molecule has 0 N–H and O–H groups in total. The Balaban J connectivity index is 2.57. The lowest BCUT2D eigenvalue weighted by molar-refractivity contribution is -0.142. The zero-order valence-electron chi connectivity index (χ0n) is 11.0. The van der Waals surface area contributed by atoms with Gasteiger partial charge in [0.2, 0.25) is 0 Å². The SMILES string of the molecule is C#CC=CCOc1ccc(OCC(=O)OC)c(C)c1. The maximum Gasteiger partial charge on any atom is 0.343 e. The predicted molar refractivity (Wildman–Crippen MR) is 72.2 cm³/mol. The fourth-order valence-corrected chi connectivity index (χ4v) is 1.33. The van der Waals surface area contributed by atoms with Crippen LogP contribution in [0.5, 0.6) is 11.5 Å². The Bertz CT molecular complexity index is 497. The first kappa shape index (κ1) is 14.7. The van der Waals surface area contributed by atoms with Gasteiger partial charge in [0, 0.05) is 0 Å². The number of hydrogen-bond acceptors (Lipinski definition) is 4. The van der Waals surface area contributed by atoms with Crippen molar-refractivity contribution in [2.75, 3.05) is 20.3 Å². The number of methoxy groups -OCH3 is 1. The summed E-state index contributed by atoms with van der Waals surface area (Å²) in [5.74, 6) is 3.30. The van der Waals surface area contributed by atoms with Crippen molar-refractivity contribution in [3.63, 3.8) is 0 Å². The van der Waals surface area contributed by atoms with E-state index in [1.165, 1.54) is 7.11 Å². The summed E-state index contributed by atoms with van der Waals surface area (Å²) in [5.41, 5.74) is 0.877. The molecule has 0 radical (unpaired) electrons. The lowest BCUT2D eigenvalue weighted by Gasteiger charge is -2.10. The number of aryl methyl sites for hydroxylation is 1. The van der Waals surface area contributed by atoms with Gasteiger partial charge in [-0.05, 0) is 42.8 Å². The van der Waals surface area contributed by atoms with Gasteiger partial charge < -0.3 is 14.2 Å². The van der Waals surface area contributed by atoms with E-state index in [-0.39, 0.29) is 6.61 Å². The zero-order valence-corrected chi connectivity index (χ0v) is 11.0. The van der Waals surface area contributed by atoms with Gasteiger partial charge in [-0.3, -0.25) is 0 Å². The van der Waals surface area contributed by atoms with Crippen molar-refractivity contribution >= 4 is 5.97 Å². The largest absolute Gasteiger partial charge is 0.489 e. The Morgan fingerprint density at radius 1 is 1.42 bits per heavy atom. The quantitative estimate of drug-likeness (QED) is 0.580. The van der Waals surface area contributed by atoms with E-state index in [1.54, 1.807) is 24.3 Å². The number of allylic oxidation sites excluding steroid dienone is 1. The summed E-state index contributed by atoms with van der Waals surface area (Å²) in [4.78, 5) is 11.0. The minimum Gasteiger partial charge on any atom is -0.489 e. The van der Waals surface area contributed by atoms with E-state index in [9.17, 15) is 4.79 Å². The summed E-state index contributed by atoms with van der Waals surface area (Å²) >= 11 is 0. The molecule has 1 aromatic rings. The molecule has 0 amide bonds. The molecule has 19 heavy (non-hydrogen) atoms. The summed E-state index contributed by atoms with van der Waals surface area (Å²) in [6, 6.07) is 5.35. The molecule has 100 valence electrons. The van der Waals surface area contributed by atoms with Gasteiger partial charge in [-0.25, -0.2) is 4.79 Å². The van der Waals surface area contributed by atoms with E-state index in [2.05, 4.69) is 10.7 Å². The molecule has 0 unspecified atom stereocenters. The van der Waals surface area contributed by atoms with Crippen molar-refractivity contribution in [3.8, 4) is 23.8 Å². The predicted octanol–water partition coefficient (Wildman–Crippen LogP) is 2.12. The number of rotatable bonds is 6. The van der Waals surface area contributed by atoms with E-state index in [0.717, 1.165) is 5.56 Å². The first-order chi connectivity index (χ1) is 9.17. The molecule has 0 atom stereocenters. The van der Waals surface area contributed by atoms with Gasteiger partial charge in [-0.1, -0.05) is 5.92 Å². The first-order valence-electron chi connectivity index (χ1n) is 5.71. The van der Waals surface area contributed by atoms with Crippen LogP contribution >= 0.6 is 0 Å². The smallest absolute Gasteiger partial charge is 0.343 e. The highest BCUT2D eigenvalue weighted by Crippen LogP contribution is 2.23. The molecule has 0 aliphatic rings. The summed E-state index contributed by atoms with van der Waals surface area (Å²) in [6.07, 6.45) is 8.41. The van der Waals surface area contributed by atoms with E-state index in [0.29, 0.717) is 18.1 Å². The maximum atomic E-state index is 11.0. The molecular formula is C15H16O4. The lowest BCUT2D eigenvalue weighted by atomic mass is 10.2. The van der Waals surface area contributed by atoms with Crippen molar-refractivity contribution in [2.45, 2.75) is 6.92 Å². The normalized spacial score (nSPS) is 9.95. The molecule has 4 nitrogen and oxygen atoms in total. The highest BCUT2D eigenvalue weighted by molar-refractivity contribution is 5.70. The van der Waals surface area contributed by atoms with Gasteiger partial charge in [0.05, 0.1) is 7.11 Å². The molecule has 0 fully saturated rings. The molecule has 1 aromatic carbocycles. The number of esters is 1. The molecular weight excluding hydrogens is 244 g/mol. The average molecular weight is 260 g/mol. The van der Waals surface area contributed by atoms with E-state index >= 15 is 0 Å². The highest BCUT2D eigenvalue weighted by Gasteiger charge is 2.05. The number of terminal acetylenes is 1. The fraction of sp³-hybridized carbons (Fsp3) is 0.267. The Hall–Kier alpha value is -2.41. The summed E-state index contributed by atoms with van der Waals surface area (Å²) in [7, 11) is 1.32. The van der Waals surface area contributed by atoms with E-state index in [4.69, 9.17) is 15.9 Å². The molecule has 0 aromatic heterocycles. The molecule has 0 saturated carbocycles. The van der Waals surface area contributed by atoms with Crippen LogP contribution in [0.15, 0.2) is 30.4 Å². The number of ether oxygens (including phenoxy) is 3. The number of carbonyl (C=O) groups excluding carboxylic acids is 1. The topological polar surface area (TPSA) is 44.8 Å². The Morgan fingerprint density at radius 2 is 2.21 bits per heavy atom. The molecule has 0 saturated heterocycles. The molecule has 4 heteroatoms. The van der Waals surface area contributed by atoms with E-state index in [1.807, 2.05) is 13.0 Å². The third-order valence-corrected chi connectivity index (χ3v) is 2.28. The van der Waals surface area contributed by atoms with Crippen LogP contribution in [-0.4, -0.2) is 26.3 Å². The van der Waals surface area contributed by atoms with Crippen molar-refractivity contribution < 1.29 is 19.0 Å². The van der Waals surface area contributed by atoms with Gasteiger partial charge >= 0.3 is 5.97 Å². The van der Waals surface area contributed by atoms with Gasteiger partial charge in [0.25, 0.3) is 0 Å². The molecule has 0 bridgehead atoms. The van der Waals surface area contributed by atoms with Crippen molar-refractivity contribution in [3.05, 3.63) is 35.9 Å². The average Bonchev–Trinajstić information content (AvgIpc) is 2.42. The second kappa shape index (κ2) is 7.83. The fourth-order valence-electron chi connectivity index (χ4n) is 1.33. The van der Waals surface area contributed by atoms with Gasteiger partial charge in [0.15, 0.2) is 6.61 Å². The molecule has 0 aliphatic heterocycles. The van der Waals surface area contributed by atoms with Crippen LogP contribution in [0.2, 0.25) is 0 Å². The van der Waals surface area contributed by atoms with Gasteiger partial charge in [-0.15, -0.1) is 6.42 Å². The number of hydrogen-bond donors (Lipinski definition) is 0. The van der Waals surface area contributed by atoms with Gasteiger partial charge in [-0.2, -0.15) is 0 Å². The first-order valence-corrected chi connectivity index (χ1v) is 5.71. The van der Waals surface area contributed by atoms with Crippen LogP contribution in [0.4, 0.5) is 0 Å². The highest BCUT2D eigenvalue weighted by atomic mass is 16.6. The van der Waals surface area contributed by atoms with Crippen LogP contribution < -0.4 is 9.47 Å². The van der Waals surface area contributed by atoms with E-state index < -0.39 is 5.97 Å². The standard InChI is InChI=1S/C15H16O4/c1-4-5-6-9-18-13-7-8-14(12(2)10-13)19-11-15(16)17-3/h1,5-8,10H,9,11H2,2-3H3. The van der Waals surface area contributed by atoms with Gasteiger partial charge in [0.1, 0.15) is 18.1 Å². The monoisotopic (exact) mass is 260 g/mol. The summed E-state index contributed by atoms with van der Waals surface area (Å²) in [5, 5.41) is 0. The van der Waals surface area contributed by atoms with Crippen LogP contribution in [0.3, 0.4) is 0 Å². The molecule has 0 heterocycles. The lowest BCUT2D eigenvalue weighted by Crippen LogP contribution is -2.13. The third kappa shape index (κ3) is 5.17. The van der Waals surface area contributed by atoms with Crippen molar-refractivity contribution in [2.24, 2.45) is 0 Å². The summed E-state index contributed by atoms with van der Waals surface area (Å²) in [6.45, 7) is 2.17. The molecule has 0 spiro atoms. The number of carbonyl (C=O) groups is 1. The van der Waals surface area contributed by atoms with Crippen LogP contribution in [0.25, 0.3) is 0 Å². The third-order valence-electron chi connectivity index (χ3n) is 2.28. The number of benzene rings is 1. The van der Waals surface area contributed by atoms with Crippen molar-refractivity contribution in [1.82, 2.24) is 0 Å². The van der Waals surface area contributed by atoms with Crippen LogP contribution in [-0.2, 0) is 9.53 Å². The van der Waals surface area contributed by atoms with Crippen molar-refractivity contribution in [1.29, 1.82) is 0 Å². The second-order valence-corrected chi connectivity index (χ2v) is 3.67. The van der Waals surface area contributed by atoms with Crippen LogP contribution in [0.1, 0.15) is 5.56 Å². The molecule has 1 rings (SSSR count). The zero-order chi connectivity index (χ0) is 14.1. The summed E-state index contributed by atoms with van der Waals surface area (Å²) < 4.78 is 15.3. The molecule has 0 aliphatic carbocycles. The minimum atomic E-state index is -0.417. The Kier molecular flexibility index (Phi) is 6.04. The second-order valence-electron chi connectivity index (χ2n) is 3.67. The maximum absolute atomic E-state index is 11.0. The van der Waals surface area contributed by atoms with Crippen LogP contribution in [0, 0.1) is 19.3 Å².